The first-order valence-electron chi connectivity index (χ1n) is 16.4. The van der Waals surface area contributed by atoms with Gasteiger partial charge in [-0.05, 0) is 112 Å². The van der Waals surface area contributed by atoms with Crippen LogP contribution in [0, 0.1) is 22.2 Å². The maximum Gasteiger partial charge on any atom is 0.326 e. The molecule has 0 bridgehead atoms. The van der Waals surface area contributed by atoms with Crippen LogP contribution in [0.5, 0.6) is 0 Å². The molecule has 0 aromatic carbocycles. The molecule has 0 aromatic heterocycles. The Hall–Kier alpha value is -1.08. The fraction of sp³-hybridized carbons (Fsp3) is 0.906. The van der Waals surface area contributed by atoms with Crippen molar-refractivity contribution in [2.45, 2.75) is 170 Å². The van der Waals surface area contributed by atoms with Crippen LogP contribution in [0.1, 0.15) is 92.4 Å². The van der Waals surface area contributed by atoms with Crippen molar-refractivity contribution in [3.8, 4) is 6.07 Å². The lowest BCUT2D eigenvalue weighted by molar-refractivity contribution is -0.275. The van der Waals surface area contributed by atoms with E-state index in [0.29, 0.717) is 12.8 Å². The highest BCUT2D eigenvalue weighted by Gasteiger charge is 2.45. The molecule has 0 saturated carbocycles. The molecule has 0 spiro atoms. The Balaban J connectivity index is 5.29. The van der Waals surface area contributed by atoms with Crippen LogP contribution >= 0.6 is 0 Å². The molecule has 0 heterocycles. The summed E-state index contributed by atoms with van der Waals surface area (Å²) in [6.07, 6.45) is 4.41. The van der Waals surface area contributed by atoms with E-state index in [1.165, 1.54) is 6.92 Å². The molecule has 0 radical (unpaired) electrons. The standard InChI is InChI=1S/C32H65NO8Si3/c1-15-16-17-18-20-26(2)38-29(36)31(5,25-33)24-27(34)23-30(3,4)28(35)37-22-19-21-32(39-42(6,7)8,40-43(9,10)11)41-44(12,13)14/h26-27,34H,15-24H2,1-14H3. The Morgan fingerprint density at radius 2 is 1.30 bits per heavy atom. The Bertz CT molecular complexity index is 893. The Labute approximate surface area is 272 Å². The lowest BCUT2D eigenvalue weighted by atomic mass is 9.79. The second-order valence-electron chi connectivity index (χ2n) is 16.0. The summed E-state index contributed by atoms with van der Waals surface area (Å²) in [4.78, 5) is 26.0. The van der Waals surface area contributed by atoms with E-state index in [2.05, 4.69) is 65.8 Å². The molecule has 0 aromatic rings. The molecule has 44 heavy (non-hydrogen) atoms. The van der Waals surface area contributed by atoms with Crippen molar-refractivity contribution < 1.29 is 37.4 Å². The summed E-state index contributed by atoms with van der Waals surface area (Å²) < 4.78 is 30.9. The van der Waals surface area contributed by atoms with Crippen molar-refractivity contribution in [2.75, 3.05) is 6.61 Å². The van der Waals surface area contributed by atoms with Crippen molar-refractivity contribution in [2.24, 2.45) is 10.8 Å². The molecule has 1 N–H and O–H groups in total. The molecule has 0 fully saturated rings. The summed E-state index contributed by atoms with van der Waals surface area (Å²) in [6, 6.07) is 2.03. The highest BCUT2D eigenvalue weighted by atomic mass is 28.4. The first kappa shape index (κ1) is 42.9. The number of ether oxygens (including phenoxy) is 2. The van der Waals surface area contributed by atoms with Gasteiger partial charge in [-0.1, -0.05) is 26.2 Å². The molecular weight excluding hydrogens is 611 g/mol. The van der Waals surface area contributed by atoms with Crippen LogP contribution in [-0.4, -0.2) is 66.8 Å². The zero-order valence-corrected chi connectivity index (χ0v) is 33.5. The van der Waals surface area contributed by atoms with Crippen LogP contribution in [0.25, 0.3) is 0 Å². The van der Waals surface area contributed by atoms with Crippen LogP contribution in [0.15, 0.2) is 0 Å². The molecule has 0 aliphatic carbocycles. The Morgan fingerprint density at radius 3 is 1.73 bits per heavy atom. The SMILES string of the molecule is CCCCCCC(C)OC(=O)C(C)(C#N)CC(O)CC(C)(C)C(=O)OCCCC(O[Si](C)(C)C)(O[Si](C)(C)C)O[Si](C)(C)C. The zero-order valence-electron chi connectivity index (χ0n) is 30.5. The van der Waals surface area contributed by atoms with Crippen LogP contribution in [0.2, 0.25) is 58.9 Å². The molecule has 258 valence electrons. The maximum atomic E-state index is 13.1. The van der Waals surface area contributed by atoms with Crippen molar-refractivity contribution in [1.29, 1.82) is 5.26 Å². The fourth-order valence-electron chi connectivity index (χ4n) is 4.88. The van der Waals surface area contributed by atoms with E-state index >= 15 is 0 Å². The van der Waals surface area contributed by atoms with Gasteiger partial charge in [0.15, 0.2) is 30.4 Å². The smallest absolute Gasteiger partial charge is 0.326 e. The molecule has 3 unspecified atom stereocenters. The molecule has 3 atom stereocenters. The van der Waals surface area contributed by atoms with Crippen molar-refractivity contribution >= 4 is 36.9 Å². The molecule has 0 rings (SSSR count). The number of aliphatic hydroxyl groups is 1. The van der Waals surface area contributed by atoms with Gasteiger partial charge in [-0.15, -0.1) is 0 Å². The molecule has 0 aliphatic rings. The van der Waals surface area contributed by atoms with Gasteiger partial charge in [0.1, 0.15) is 0 Å². The van der Waals surface area contributed by atoms with Crippen molar-refractivity contribution in [3.05, 3.63) is 0 Å². The van der Waals surface area contributed by atoms with E-state index in [-0.39, 0.29) is 25.6 Å². The van der Waals surface area contributed by atoms with Gasteiger partial charge in [0.25, 0.3) is 5.97 Å². The number of esters is 2. The number of unbranched alkanes of at least 4 members (excludes halogenated alkanes) is 3. The van der Waals surface area contributed by atoms with Gasteiger partial charge in [0.2, 0.25) is 0 Å². The minimum Gasteiger partial charge on any atom is -0.465 e. The predicted molar refractivity (Wildman–Crippen MR) is 183 cm³/mol. The summed E-state index contributed by atoms with van der Waals surface area (Å²) in [7, 11) is -6.21. The number of carbonyl (C=O) groups is 2. The third-order valence-electron chi connectivity index (χ3n) is 6.66. The lowest BCUT2D eigenvalue weighted by Gasteiger charge is -2.45. The number of hydrogen-bond acceptors (Lipinski definition) is 9. The fourth-order valence-corrected chi connectivity index (χ4v) is 8.49. The van der Waals surface area contributed by atoms with Gasteiger partial charge >= 0.3 is 11.9 Å². The van der Waals surface area contributed by atoms with Gasteiger partial charge < -0.3 is 27.9 Å². The van der Waals surface area contributed by atoms with E-state index < -0.39 is 59.8 Å². The second kappa shape index (κ2) is 17.7. The minimum atomic E-state index is -2.07. The van der Waals surface area contributed by atoms with Gasteiger partial charge in [-0.3, -0.25) is 9.59 Å². The largest absolute Gasteiger partial charge is 0.465 e. The van der Waals surface area contributed by atoms with E-state index in [4.69, 9.17) is 22.8 Å². The second-order valence-corrected chi connectivity index (χ2v) is 29.3. The molecule has 0 saturated heterocycles. The number of rotatable bonds is 22. The molecule has 9 nitrogen and oxygen atoms in total. The van der Waals surface area contributed by atoms with Gasteiger partial charge in [0, 0.05) is 12.8 Å². The number of nitriles is 1. The van der Waals surface area contributed by atoms with E-state index in [1.807, 2.05) is 13.0 Å². The minimum absolute atomic E-state index is 0.0309. The predicted octanol–water partition coefficient (Wildman–Crippen LogP) is 8.12. The normalized spacial score (nSPS) is 16.0. The summed E-state index contributed by atoms with van der Waals surface area (Å²) in [5, 5.41) is 20.7. The average molecular weight is 676 g/mol. The summed E-state index contributed by atoms with van der Waals surface area (Å²) in [5.41, 5.74) is -2.56. The van der Waals surface area contributed by atoms with E-state index in [9.17, 15) is 20.0 Å². The number of nitrogens with zero attached hydrogens (tertiary/aromatic N) is 1. The number of aliphatic hydroxyl groups excluding tert-OH is 1. The maximum absolute atomic E-state index is 13.1. The number of hydrogen-bond donors (Lipinski definition) is 1. The number of carbonyl (C=O) groups excluding carboxylic acids is 2. The van der Waals surface area contributed by atoms with Crippen LogP contribution in [0.4, 0.5) is 0 Å². The monoisotopic (exact) mass is 675 g/mol. The third-order valence-corrected chi connectivity index (χ3v) is 9.43. The molecule has 0 amide bonds. The summed E-state index contributed by atoms with van der Waals surface area (Å²) >= 11 is 0. The van der Waals surface area contributed by atoms with E-state index in [0.717, 1.165) is 32.1 Å². The summed E-state index contributed by atoms with van der Waals surface area (Å²) in [6.45, 7) is 27.9. The molecule has 12 heteroatoms. The highest BCUT2D eigenvalue weighted by molar-refractivity contribution is 6.72. The average Bonchev–Trinajstić information content (AvgIpc) is 2.80. The Morgan fingerprint density at radius 1 is 0.795 bits per heavy atom. The Kier molecular flexibility index (Phi) is 17.3. The van der Waals surface area contributed by atoms with Crippen LogP contribution in [-0.2, 0) is 32.3 Å². The summed E-state index contributed by atoms with van der Waals surface area (Å²) in [5.74, 6) is -2.29. The van der Waals surface area contributed by atoms with Gasteiger partial charge in [0.05, 0.1) is 30.3 Å². The van der Waals surface area contributed by atoms with Gasteiger partial charge in [-0.25, -0.2) is 0 Å². The molecular formula is C32H65NO8Si3. The molecule has 0 aliphatic heterocycles. The quantitative estimate of drug-likeness (QED) is 0.0524. The zero-order chi connectivity index (χ0) is 34.6. The third kappa shape index (κ3) is 18.2. The highest BCUT2D eigenvalue weighted by Crippen LogP contribution is 2.35. The van der Waals surface area contributed by atoms with Gasteiger partial charge in [-0.2, -0.15) is 5.26 Å². The van der Waals surface area contributed by atoms with E-state index in [1.54, 1.807) is 13.8 Å². The van der Waals surface area contributed by atoms with Crippen molar-refractivity contribution in [3.63, 3.8) is 0 Å². The topological polar surface area (TPSA) is 124 Å². The van der Waals surface area contributed by atoms with Crippen molar-refractivity contribution in [1.82, 2.24) is 0 Å². The first-order valence-corrected chi connectivity index (χ1v) is 26.6. The first-order chi connectivity index (χ1) is 19.8. The van der Waals surface area contributed by atoms with Crippen LogP contribution in [0.3, 0.4) is 0 Å². The lowest BCUT2D eigenvalue weighted by Crippen LogP contribution is -2.56. The van der Waals surface area contributed by atoms with Crippen LogP contribution < -0.4 is 0 Å².